The number of thiazole rings is 1. The van der Waals surface area contributed by atoms with E-state index >= 15 is 0 Å². The van der Waals surface area contributed by atoms with E-state index in [2.05, 4.69) is 48.1 Å². The van der Waals surface area contributed by atoms with Crippen molar-refractivity contribution in [1.29, 1.82) is 0 Å². The number of carbonyl (C=O) groups excluding carboxylic acids is 2. The van der Waals surface area contributed by atoms with Gasteiger partial charge in [0.05, 0.1) is 5.69 Å². The minimum atomic E-state index is -0.440. The summed E-state index contributed by atoms with van der Waals surface area (Å²) in [6.45, 7) is 8.13. The van der Waals surface area contributed by atoms with E-state index < -0.39 is 6.04 Å². The van der Waals surface area contributed by atoms with Crippen LogP contribution in [0.15, 0.2) is 36.9 Å². The lowest BCUT2D eigenvalue weighted by Gasteiger charge is -2.21. The highest BCUT2D eigenvalue weighted by Crippen LogP contribution is 2.27. The van der Waals surface area contributed by atoms with E-state index in [4.69, 9.17) is 0 Å². The summed E-state index contributed by atoms with van der Waals surface area (Å²) in [4.78, 5) is 31.7. The molecule has 1 saturated heterocycles. The van der Waals surface area contributed by atoms with Crippen LogP contribution in [0.4, 0.5) is 5.13 Å². The lowest BCUT2D eigenvalue weighted by molar-refractivity contribution is -0.132. The van der Waals surface area contributed by atoms with Crippen LogP contribution in [0.5, 0.6) is 0 Å². The van der Waals surface area contributed by atoms with E-state index in [9.17, 15) is 9.59 Å². The van der Waals surface area contributed by atoms with Crippen LogP contribution in [0.1, 0.15) is 34.5 Å². The fourth-order valence-electron chi connectivity index (χ4n) is 3.15. The summed E-state index contributed by atoms with van der Waals surface area (Å²) in [5, 5.41) is 3.48. The van der Waals surface area contributed by atoms with Crippen molar-refractivity contribution in [2.45, 2.75) is 39.2 Å². The molecule has 1 aliphatic heterocycles. The van der Waals surface area contributed by atoms with E-state index in [-0.39, 0.29) is 11.8 Å². The molecule has 0 bridgehead atoms. The molecule has 1 fully saturated rings. The topological polar surface area (TPSA) is 62.3 Å². The monoisotopic (exact) mass is 369 g/mol. The van der Waals surface area contributed by atoms with Crippen LogP contribution >= 0.6 is 11.3 Å². The predicted octanol–water partition coefficient (Wildman–Crippen LogP) is 3.47. The maximum atomic E-state index is 12.6. The minimum Gasteiger partial charge on any atom is -0.327 e. The Balaban J connectivity index is 1.68. The molecule has 26 heavy (non-hydrogen) atoms. The van der Waals surface area contributed by atoms with E-state index in [1.807, 2.05) is 6.92 Å². The molecular formula is C20H23N3O2S. The second-order valence-electron chi connectivity index (χ2n) is 6.57. The number of hydrogen-bond acceptors (Lipinski definition) is 4. The Labute approximate surface area is 157 Å². The van der Waals surface area contributed by atoms with Gasteiger partial charge >= 0.3 is 0 Å². The molecule has 1 atom stereocenters. The summed E-state index contributed by atoms with van der Waals surface area (Å²) in [6, 6.07) is 7.98. The zero-order valence-electron chi connectivity index (χ0n) is 15.1. The maximum Gasteiger partial charge on any atom is 0.248 e. The van der Waals surface area contributed by atoms with Crippen LogP contribution in [-0.4, -0.2) is 34.3 Å². The molecular weight excluding hydrogens is 346 g/mol. The van der Waals surface area contributed by atoms with Gasteiger partial charge in [-0.3, -0.25) is 9.59 Å². The van der Waals surface area contributed by atoms with Crippen molar-refractivity contribution in [3.63, 3.8) is 0 Å². The van der Waals surface area contributed by atoms with Crippen molar-refractivity contribution in [2.75, 3.05) is 11.9 Å². The van der Waals surface area contributed by atoms with Gasteiger partial charge < -0.3 is 10.2 Å². The molecule has 136 valence electrons. The number of carbonyl (C=O) groups is 2. The fourth-order valence-corrected chi connectivity index (χ4v) is 4.15. The molecule has 3 rings (SSSR count). The van der Waals surface area contributed by atoms with Crippen molar-refractivity contribution in [3.8, 4) is 0 Å². The third-order valence-electron chi connectivity index (χ3n) is 4.62. The molecule has 2 aromatic rings. The molecule has 1 aromatic heterocycles. The Kier molecular flexibility index (Phi) is 5.52. The average Bonchev–Trinajstić information content (AvgIpc) is 3.23. The molecule has 5 nitrogen and oxygen atoms in total. The van der Waals surface area contributed by atoms with Gasteiger partial charge in [-0.05, 0) is 38.3 Å². The summed E-state index contributed by atoms with van der Waals surface area (Å²) >= 11 is 1.49. The molecule has 1 aromatic carbocycles. The number of likely N-dealkylation sites (tertiary alicyclic amines) is 1. The molecule has 1 aliphatic rings. The molecule has 0 radical (unpaired) electrons. The molecule has 0 aliphatic carbocycles. The van der Waals surface area contributed by atoms with E-state index in [1.54, 1.807) is 4.90 Å². The maximum absolute atomic E-state index is 12.6. The largest absolute Gasteiger partial charge is 0.327 e. The number of benzene rings is 1. The molecule has 6 heteroatoms. The minimum absolute atomic E-state index is 0.173. The van der Waals surface area contributed by atoms with Gasteiger partial charge in [0.2, 0.25) is 11.8 Å². The number of hydrogen-bond donors (Lipinski definition) is 1. The number of rotatable bonds is 5. The van der Waals surface area contributed by atoms with Crippen LogP contribution in [0, 0.1) is 13.8 Å². The van der Waals surface area contributed by atoms with Crippen molar-refractivity contribution in [3.05, 3.63) is 58.6 Å². The standard InChI is InChI=1S/C20H23N3O2S/c1-4-18(24)23-11-5-6-16(23)19(25)22-20-21-14(3)17(26-20)12-15-9-7-13(2)8-10-15/h4,7-10,16H,1,5-6,11-12H2,2-3H3,(H,21,22,25). The molecule has 1 N–H and O–H groups in total. The van der Waals surface area contributed by atoms with Gasteiger partial charge in [-0.2, -0.15) is 0 Å². The van der Waals surface area contributed by atoms with Crippen LogP contribution in [0.2, 0.25) is 0 Å². The summed E-state index contributed by atoms with van der Waals surface area (Å²) in [7, 11) is 0. The smallest absolute Gasteiger partial charge is 0.248 e. The molecule has 2 heterocycles. The van der Waals surface area contributed by atoms with Gasteiger partial charge in [0.25, 0.3) is 0 Å². The van der Waals surface area contributed by atoms with Crippen LogP contribution in [-0.2, 0) is 16.0 Å². The Morgan fingerprint density at radius 3 is 2.77 bits per heavy atom. The molecule has 1 unspecified atom stereocenters. The van der Waals surface area contributed by atoms with Gasteiger partial charge in [-0.1, -0.05) is 36.4 Å². The highest BCUT2D eigenvalue weighted by atomic mass is 32.1. The SMILES string of the molecule is C=CC(=O)N1CCCC1C(=O)Nc1nc(C)c(Cc2ccc(C)cc2)s1. The first kappa shape index (κ1) is 18.3. The summed E-state index contributed by atoms with van der Waals surface area (Å²) in [5.74, 6) is -0.369. The van der Waals surface area contributed by atoms with E-state index in [0.29, 0.717) is 18.1 Å². The molecule has 2 amide bonds. The molecule has 0 spiro atoms. The zero-order valence-corrected chi connectivity index (χ0v) is 15.9. The second-order valence-corrected chi connectivity index (χ2v) is 7.66. The number of aromatic nitrogens is 1. The average molecular weight is 369 g/mol. The third-order valence-corrected chi connectivity index (χ3v) is 5.69. The van der Waals surface area contributed by atoms with Crippen LogP contribution in [0.3, 0.4) is 0 Å². The Morgan fingerprint density at radius 1 is 1.35 bits per heavy atom. The van der Waals surface area contributed by atoms with Gasteiger partial charge in [0.1, 0.15) is 6.04 Å². The summed E-state index contributed by atoms with van der Waals surface area (Å²) in [5.41, 5.74) is 3.38. The van der Waals surface area contributed by atoms with Gasteiger partial charge in [0, 0.05) is 17.8 Å². The predicted molar refractivity (Wildman–Crippen MR) is 104 cm³/mol. The van der Waals surface area contributed by atoms with Gasteiger partial charge in [-0.15, -0.1) is 11.3 Å². The van der Waals surface area contributed by atoms with Crippen molar-refractivity contribution < 1.29 is 9.59 Å². The van der Waals surface area contributed by atoms with Crippen LogP contribution < -0.4 is 5.32 Å². The van der Waals surface area contributed by atoms with Crippen molar-refractivity contribution >= 4 is 28.3 Å². The number of nitrogens with zero attached hydrogens (tertiary/aromatic N) is 2. The Hall–Kier alpha value is -2.47. The van der Waals surface area contributed by atoms with Crippen molar-refractivity contribution in [2.24, 2.45) is 0 Å². The fraction of sp³-hybridized carbons (Fsp3) is 0.350. The van der Waals surface area contributed by atoms with Gasteiger partial charge in [0.15, 0.2) is 5.13 Å². The highest BCUT2D eigenvalue weighted by Gasteiger charge is 2.33. The first-order chi connectivity index (χ1) is 12.5. The summed E-state index contributed by atoms with van der Waals surface area (Å²) < 4.78 is 0. The number of nitrogens with one attached hydrogen (secondary N) is 1. The van der Waals surface area contributed by atoms with E-state index in [1.165, 1.54) is 28.5 Å². The molecule has 0 saturated carbocycles. The lowest BCUT2D eigenvalue weighted by atomic mass is 10.1. The first-order valence-corrected chi connectivity index (χ1v) is 9.55. The number of amides is 2. The van der Waals surface area contributed by atoms with Crippen molar-refractivity contribution in [1.82, 2.24) is 9.88 Å². The Bertz CT molecular complexity index is 826. The quantitative estimate of drug-likeness (QED) is 0.821. The normalized spacial score (nSPS) is 16.5. The first-order valence-electron chi connectivity index (χ1n) is 8.73. The number of aryl methyl sites for hydroxylation is 2. The lowest BCUT2D eigenvalue weighted by Crippen LogP contribution is -2.42. The number of anilines is 1. The van der Waals surface area contributed by atoms with Gasteiger partial charge in [-0.25, -0.2) is 4.98 Å². The highest BCUT2D eigenvalue weighted by molar-refractivity contribution is 7.15. The van der Waals surface area contributed by atoms with E-state index in [0.717, 1.165) is 23.4 Å². The second kappa shape index (κ2) is 7.83. The zero-order chi connectivity index (χ0) is 18.7. The third kappa shape index (κ3) is 4.02. The van der Waals surface area contributed by atoms with Crippen LogP contribution in [0.25, 0.3) is 0 Å². The summed E-state index contributed by atoms with van der Waals surface area (Å²) in [6.07, 6.45) is 3.56. The Morgan fingerprint density at radius 2 is 2.08 bits per heavy atom.